The SMILES string of the molecule is Cc1cc(=O)oc2cc(OCC(=O)NCCCO)ccc12. The fourth-order valence-corrected chi connectivity index (χ4v) is 1.90. The van der Waals surface area contributed by atoms with E-state index in [0.29, 0.717) is 24.3 Å². The molecule has 21 heavy (non-hydrogen) atoms. The van der Waals surface area contributed by atoms with Crippen molar-refractivity contribution in [3.63, 3.8) is 0 Å². The van der Waals surface area contributed by atoms with Crippen molar-refractivity contribution in [2.45, 2.75) is 13.3 Å². The van der Waals surface area contributed by atoms with Gasteiger partial charge in [-0.15, -0.1) is 0 Å². The summed E-state index contributed by atoms with van der Waals surface area (Å²) in [6.45, 7) is 2.13. The Bertz CT molecular complexity index is 692. The lowest BCUT2D eigenvalue weighted by Crippen LogP contribution is -2.30. The number of benzene rings is 1. The number of nitrogens with one attached hydrogen (secondary N) is 1. The van der Waals surface area contributed by atoms with Crippen molar-refractivity contribution in [3.05, 3.63) is 40.2 Å². The van der Waals surface area contributed by atoms with Gasteiger partial charge in [0.2, 0.25) is 0 Å². The van der Waals surface area contributed by atoms with Crippen molar-refractivity contribution < 1.29 is 19.1 Å². The largest absolute Gasteiger partial charge is 0.484 e. The Morgan fingerprint density at radius 1 is 1.38 bits per heavy atom. The van der Waals surface area contributed by atoms with Gasteiger partial charge in [0.1, 0.15) is 11.3 Å². The molecule has 0 fully saturated rings. The summed E-state index contributed by atoms with van der Waals surface area (Å²) >= 11 is 0. The molecule has 0 aliphatic carbocycles. The van der Waals surface area contributed by atoms with Crippen molar-refractivity contribution in [1.29, 1.82) is 0 Å². The van der Waals surface area contributed by atoms with Crippen LogP contribution in [0.4, 0.5) is 0 Å². The summed E-state index contributed by atoms with van der Waals surface area (Å²) in [4.78, 5) is 22.8. The fourth-order valence-electron chi connectivity index (χ4n) is 1.90. The van der Waals surface area contributed by atoms with E-state index in [4.69, 9.17) is 14.3 Å². The van der Waals surface area contributed by atoms with Gasteiger partial charge >= 0.3 is 5.63 Å². The molecule has 0 radical (unpaired) electrons. The van der Waals surface area contributed by atoms with E-state index >= 15 is 0 Å². The van der Waals surface area contributed by atoms with Gasteiger partial charge in [0.25, 0.3) is 5.91 Å². The monoisotopic (exact) mass is 291 g/mol. The first-order chi connectivity index (χ1) is 10.1. The van der Waals surface area contributed by atoms with E-state index in [1.54, 1.807) is 18.2 Å². The molecular weight excluding hydrogens is 274 g/mol. The van der Waals surface area contributed by atoms with Gasteiger partial charge in [-0.3, -0.25) is 4.79 Å². The number of carbonyl (C=O) groups is 1. The van der Waals surface area contributed by atoms with E-state index in [0.717, 1.165) is 10.9 Å². The number of aliphatic hydroxyl groups excluding tert-OH is 1. The zero-order chi connectivity index (χ0) is 15.2. The van der Waals surface area contributed by atoms with Crippen LogP contribution in [-0.4, -0.2) is 30.8 Å². The smallest absolute Gasteiger partial charge is 0.336 e. The first-order valence-electron chi connectivity index (χ1n) is 6.65. The molecular formula is C15H17NO5. The molecule has 0 bridgehead atoms. The Labute approximate surface area is 121 Å². The number of ether oxygens (including phenoxy) is 1. The van der Waals surface area contributed by atoms with Crippen LogP contribution < -0.4 is 15.7 Å². The number of amides is 1. The summed E-state index contributed by atoms with van der Waals surface area (Å²) in [5.41, 5.74) is 0.839. The topological polar surface area (TPSA) is 88.8 Å². The van der Waals surface area contributed by atoms with Crippen LogP contribution in [0.2, 0.25) is 0 Å². The van der Waals surface area contributed by atoms with Gasteiger partial charge in [-0.2, -0.15) is 0 Å². The number of hydrogen-bond donors (Lipinski definition) is 2. The van der Waals surface area contributed by atoms with Crippen LogP contribution in [-0.2, 0) is 4.79 Å². The predicted molar refractivity (Wildman–Crippen MR) is 77.4 cm³/mol. The van der Waals surface area contributed by atoms with Gasteiger partial charge in [-0.25, -0.2) is 4.79 Å². The van der Waals surface area contributed by atoms with Gasteiger partial charge < -0.3 is 19.6 Å². The lowest BCUT2D eigenvalue weighted by atomic mass is 10.1. The average Bonchev–Trinajstić information content (AvgIpc) is 2.45. The van der Waals surface area contributed by atoms with E-state index in [2.05, 4.69) is 5.32 Å². The molecule has 2 rings (SSSR count). The third kappa shape index (κ3) is 4.06. The molecule has 6 nitrogen and oxygen atoms in total. The molecule has 2 N–H and O–H groups in total. The number of hydrogen-bond acceptors (Lipinski definition) is 5. The summed E-state index contributed by atoms with van der Waals surface area (Å²) in [6.07, 6.45) is 0.506. The third-order valence-corrected chi connectivity index (χ3v) is 2.95. The lowest BCUT2D eigenvalue weighted by molar-refractivity contribution is -0.123. The zero-order valence-electron chi connectivity index (χ0n) is 11.7. The first-order valence-corrected chi connectivity index (χ1v) is 6.65. The Morgan fingerprint density at radius 2 is 2.19 bits per heavy atom. The molecule has 1 aromatic heterocycles. The van der Waals surface area contributed by atoms with E-state index in [1.165, 1.54) is 6.07 Å². The average molecular weight is 291 g/mol. The van der Waals surface area contributed by atoms with Gasteiger partial charge in [0.15, 0.2) is 6.61 Å². The number of aryl methyl sites for hydroxylation is 1. The highest BCUT2D eigenvalue weighted by atomic mass is 16.5. The minimum atomic E-state index is -0.418. The van der Waals surface area contributed by atoms with Crippen LogP contribution in [0, 0.1) is 6.92 Å². The van der Waals surface area contributed by atoms with E-state index in [9.17, 15) is 9.59 Å². The summed E-state index contributed by atoms with van der Waals surface area (Å²) < 4.78 is 10.5. The van der Waals surface area contributed by atoms with Crippen LogP contribution in [0.25, 0.3) is 11.0 Å². The number of rotatable bonds is 6. The molecule has 0 spiro atoms. The predicted octanol–water partition coefficient (Wildman–Crippen LogP) is 0.979. The summed E-state index contributed by atoms with van der Waals surface area (Å²) in [5, 5.41) is 12.1. The molecule has 0 atom stereocenters. The first kappa shape index (κ1) is 15.1. The summed E-state index contributed by atoms with van der Waals surface area (Å²) in [7, 11) is 0. The summed E-state index contributed by atoms with van der Waals surface area (Å²) in [6, 6.07) is 6.52. The molecule has 6 heteroatoms. The van der Waals surface area contributed by atoms with Gasteiger partial charge in [-0.1, -0.05) is 0 Å². The van der Waals surface area contributed by atoms with Gasteiger partial charge in [-0.05, 0) is 31.0 Å². The highest BCUT2D eigenvalue weighted by Crippen LogP contribution is 2.22. The zero-order valence-corrected chi connectivity index (χ0v) is 11.7. The Morgan fingerprint density at radius 3 is 2.95 bits per heavy atom. The molecule has 1 aromatic carbocycles. The maximum absolute atomic E-state index is 11.5. The molecule has 0 saturated heterocycles. The van der Waals surface area contributed by atoms with Crippen LogP contribution in [0.1, 0.15) is 12.0 Å². The lowest BCUT2D eigenvalue weighted by Gasteiger charge is -2.08. The Kier molecular flexibility index (Phi) is 4.94. The minimum absolute atomic E-state index is 0.0319. The van der Waals surface area contributed by atoms with Crippen LogP contribution >= 0.6 is 0 Å². The van der Waals surface area contributed by atoms with Crippen molar-refractivity contribution in [1.82, 2.24) is 5.32 Å². The van der Waals surface area contributed by atoms with Crippen molar-refractivity contribution >= 4 is 16.9 Å². The fraction of sp³-hybridized carbons (Fsp3) is 0.333. The highest BCUT2D eigenvalue weighted by Gasteiger charge is 2.06. The molecule has 2 aromatic rings. The maximum Gasteiger partial charge on any atom is 0.336 e. The van der Waals surface area contributed by atoms with Gasteiger partial charge in [0, 0.05) is 30.7 Å². The maximum atomic E-state index is 11.5. The van der Waals surface area contributed by atoms with E-state index in [-0.39, 0.29) is 19.1 Å². The van der Waals surface area contributed by atoms with Crippen LogP contribution in [0.5, 0.6) is 5.75 Å². The highest BCUT2D eigenvalue weighted by molar-refractivity contribution is 5.81. The molecule has 0 aliphatic rings. The molecule has 0 unspecified atom stereocenters. The van der Waals surface area contributed by atoms with Crippen molar-refractivity contribution in [2.75, 3.05) is 19.8 Å². The Hall–Kier alpha value is -2.34. The van der Waals surface area contributed by atoms with Gasteiger partial charge in [0.05, 0.1) is 0 Å². The second-order valence-corrected chi connectivity index (χ2v) is 4.62. The van der Waals surface area contributed by atoms with Crippen molar-refractivity contribution in [2.24, 2.45) is 0 Å². The van der Waals surface area contributed by atoms with Crippen LogP contribution in [0.15, 0.2) is 33.5 Å². The third-order valence-electron chi connectivity index (χ3n) is 2.95. The molecule has 112 valence electrons. The summed E-state index contributed by atoms with van der Waals surface area (Å²) in [5.74, 6) is 0.183. The minimum Gasteiger partial charge on any atom is -0.484 e. The van der Waals surface area contributed by atoms with E-state index in [1.807, 2.05) is 6.92 Å². The van der Waals surface area contributed by atoms with E-state index < -0.39 is 5.63 Å². The second-order valence-electron chi connectivity index (χ2n) is 4.62. The molecule has 0 saturated carbocycles. The number of aliphatic hydroxyl groups is 1. The normalized spacial score (nSPS) is 10.6. The standard InChI is InChI=1S/C15H17NO5/c1-10-7-15(19)21-13-8-11(3-4-12(10)13)20-9-14(18)16-5-2-6-17/h3-4,7-8,17H,2,5-6,9H2,1H3,(H,16,18). The molecule has 0 aliphatic heterocycles. The van der Waals surface area contributed by atoms with Crippen molar-refractivity contribution in [3.8, 4) is 5.75 Å². The second kappa shape index (κ2) is 6.90. The number of carbonyl (C=O) groups excluding carboxylic acids is 1. The molecule has 1 heterocycles. The van der Waals surface area contributed by atoms with Crippen LogP contribution in [0.3, 0.4) is 0 Å². The Balaban J connectivity index is 2.03. The quantitative estimate of drug-likeness (QED) is 0.612. The molecule has 1 amide bonds. The number of fused-ring (bicyclic) bond motifs is 1.